The molecule has 2 aliphatic carbocycles. The second-order valence-corrected chi connectivity index (χ2v) is 8.27. The second kappa shape index (κ2) is 6.74. The normalized spacial score (nSPS) is 35.7. The average Bonchev–Trinajstić information content (AvgIpc) is 2.41. The van der Waals surface area contributed by atoms with Crippen LogP contribution in [0.4, 0.5) is 0 Å². The van der Waals surface area contributed by atoms with Gasteiger partial charge in [0.15, 0.2) is 0 Å². The Morgan fingerprint density at radius 2 is 2.05 bits per heavy atom. The van der Waals surface area contributed by atoms with Gasteiger partial charge < -0.3 is 10.2 Å². The molecule has 3 heteroatoms. The predicted octanol–water partition coefficient (Wildman–Crippen LogP) is 4.26. The lowest BCUT2D eigenvalue weighted by Gasteiger charge is -2.53. The molecule has 0 bridgehead atoms. The fourth-order valence-electron chi connectivity index (χ4n) is 4.90. The Kier molecular flexibility index (Phi) is 5.37. The highest BCUT2D eigenvalue weighted by atomic mass is 16.4. The van der Waals surface area contributed by atoms with E-state index in [0.717, 1.165) is 38.5 Å². The zero-order valence-electron chi connectivity index (χ0n) is 14.3. The van der Waals surface area contributed by atoms with Crippen molar-refractivity contribution in [3.8, 4) is 0 Å². The minimum Gasteiger partial charge on any atom is -0.481 e. The van der Waals surface area contributed by atoms with Crippen molar-refractivity contribution in [3.05, 3.63) is 12.2 Å². The third-order valence-electron chi connectivity index (χ3n) is 6.42. The summed E-state index contributed by atoms with van der Waals surface area (Å²) in [6.45, 7) is 10.8. The number of rotatable bonds is 5. The number of hydrogen-bond acceptors (Lipinski definition) is 2. The number of allylic oxidation sites excluding steroid dienone is 1. The van der Waals surface area contributed by atoms with E-state index in [1.807, 2.05) is 6.92 Å². The quantitative estimate of drug-likeness (QED) is 0.746. The highest BCUT2D eigenvalue weighted by molar-refractivity contribution is 5.66. The fraction of sp³-hybridized carbons (Fsp3) is 0.842. The van der Waals surface area contributed by atoms with E-state index in [1.165, 1.54) is 5.57 Å². The molecule has 0 aliphatic heterocycles. The molecule has 0 spiro atoms. The molecular formula is C19H32O3. The summed E-state index contributed by atoms with van der Waals surface area (Å²) in [4.78, 5) is 10.8. The molecule has 22 heavy (non-hydrogen) atoms. The van der Waals surface area contributed by atoms with Gasteiger partial charge >= 0.3 is 5.97 Å². The van der Waals surface area contributed by atoms with Gasteiger partial charge in [-0.15, -0.1) is 0 Å². The van der Waals surface area contributed by atoms with Crippen molar-refractivity contribution in [1.82, 2.24) is 0 Å². The first kappa shape index (κ1) is 17.5. The van der Waals surface area contributed by atoms with Crippen molar-refractivity contribution in [1.29, 1.82) is 0 Å². The number of aliphatic hydroxyl groups is 1. The third-order valence-corrected chi connectivity index (χ3v) is 6.42. The van der Waals surface area contributed by atoms with Crippen molar-refractivity contribution in [2.75, 3.05) is 0 Å². The molecule has 126 valence electrons. The lowest BCUT2D eigenvalue weighted by molar-refractivity contribution is -0.138. The Morgan fingerprint density at radius 3 is 2.68 bits per heavy atom. The van der Waals surface area contributed by atoms with Gasteiger partial charge in [-0.2, -0.15) is 0 Å². The van der Waals surface area contributed by atoms with Crippen molar-refractivity contribution in [2.45, 2.75) is 71.8 Å². The van der Waals surface area contributed by atoms with Gasteiger partial charge in [0.05, 0.1) is 6.10 Å². The van der Waals surface area contributed by atoms with Crippen LogP contribution in [0.1, 0.15) is 65.7 Å². The van der Waals surface area contributed by atoms with Crippen LogP contribution >= 0.6 is 0 Å². The van der Waals surface area contributed by atoms with Gasteiger partial charge in [0.2, 0.25) is 0 Å². The van der Waals surface area contributed by atoms with Crippen LogP contribution in [0.25, 0.3) is 0 Å². The highest BCUT2D eigenvalue weighted by Crippen LogP contribution is 2.54. The van der Waals surface area contributed by atoms with Crippen LogP contribution in [-0.4, -0.2) is 22.3 Å². The predicted molar refractivity (Wildman–Crippen MR) is 88.5 cm³/mol. The van der Waals surface area contributed by atoms with Crippen LogP contribution in [0.5, 0.6) is 0 Å². The zero-order valence-corrected chi connectivity index (χ0v) is 14.3. The van der Waals surface area contributed by atoms with Crippen LogP contribution in [0.2, 0.25) is 0 Å². The Morgan fingerprint density at radius 1 is 1.36 bits per heavy atom. The lowest BCUT2D eigenvalue weighted by Crippen LogP contribution is -2.49. The summed E-state index contributed by atoms with van der Waals surface area (Å²) in [7, 11) is 0. The Balaban J connectivity index is 2.03. The molecule has 0 aromatic heterocycles. The number of hydrogen-bond donors (Lipinski definition) is 2. The number of carbonyl (C=O) groups is 1. The molecule has 2 N–H and O–H groups in total. The number of carboxylic acids is 1. The maximum absolute atomic E-state index is 10.8. The van der Waals surface area contributed by atoms with E-state index in [1.54, 1.807) is 0 Å². The SMILES string of the molecule is C=C1CCC2C(CCC(O)C2(C)C)C1CCC(C)CC(=O)O. The summed E-state index contributed by atoms with van der Waals surface area (Å²) >= 11 is 0. The molecular weight excluding hydrogens is 276 g/mol. The van der Waals surface area contributed by atoms with Gasteiger partial charge in [-0.05, 0) is 67.6 Å². The Labute approximate surface area is 134 Å². The molecule has 3 nitrogen and oxygen atoms in total. The summed E-state index contributed by atoms with van der Waals surface area (Å²) in [5.74, 6) is 1.24. The topological polar surface area (TPSA) is 57.5 Å². The summed E-state index contributed by atoms with van der Waals surface area (Å²) in [6.07, 6.45) is 6.28. The van der Waals surface area contributed by atoms with E-state index in [4.69, 9.17) is 5.11 Å². The zero-order chi connectivity index (χ0) is 16.5. The van der Waals surface area contributed by atoms with Crippen LogP contribution in [0.15, 0.2) is 12.2 Å². The van der Waals surface area contributed by atoms with Gasteiger partial charge in [-0.3, -0.25) is 4.79 Å². The first-order chi connectivity index (χ1) is 10.2. The summed E-state index contributed by atoms with van der Waals surface area (Å²) in [5, 5.41) is 19.3. The molecule has 5 atom stereocenters. The van der Waals surface area contributed by atoms with Crippen LogP contribution in [0.3, 0.4) is 0 Å². The van der Waals surface area contributed by atoms with E-state index in [2.05, 4.69) is 20.4 Å². The van der Waals surface area contributed by atoms with Gasteiger partial charge in [-0.1, -0.05) is 32.9 Å². The van der Waals surface area contributed by atoms with Gasteiger partial charge in [-0.25, -0.2) is 0 Å². The monoisotopic (exact) mass is 308 g/mol. The maximum Gasteiger partial charge on any atom is 0.303 e. The average molecular weight is 308 g/mol. The fourth-order valence-corrected chi connectivity index (χ4v) is 4.90. The maximum atomic E-state index is 10.8. The molecule has 2 saturated carbocycles. The minimum absolute atomic E-state index is 0.00541. The molecule has 0 aromatic carbocycles. The van der Waals surface area contributed by atoms with E-state index >= 15 is 0 Å². The Bertz CT molecular complexity index is 426. The molecule has 0 radical (unpaired) electrons. The van der Waals surface area contributed by atoms with Crippen molar-refractivity contribution in [2.24, 2.45) is 29.1 Å². The second-order valence-electron chi connectivity index (χ2n) is 8.27. The van der Waals surface area contributed by atoms with E-state index in [-0.39, 0.29) is 23.9 Å². The molecule has 5 unspecified atom stereocenters. The van der Waals surface area contributed by atoms with E-state index < -0.39 is 5.97 Å². The van der Waals surface area contributed by atoms with Crippen molar-refractivity contribution < 1.29 is 15.0 Å². The smallest absolute Gasteiger partial charge is 0.303 e. The largest absolute Gasteiger partial charge is 0.481 e. The van der Waals surface area contributed by atoms with Gasteiger partial charge in [0.25, 0.3) is 0 Å². The standard InChI is InChI=1S/C19H32O3/c1-12(11-18(21)22)5-7-14-13(2)6-9-16-15(14)8-10-17(20)19(16,3)4/h12,14-17,20H,2,5-11H2,1,3-4H3,(H,21,22). The number of aliphatic hydroxyl groups excluding tert-OH is 1. The molecule has 0 aromatic rings. The first-order valence-corrected chi connectivity index (χ1v) is 8.81. The lowest BCUT2D eigenvalue weighted by atomic mass is 9.53. The van der Waals surface area contributed by atoms with Gasteiger partial charge in [0, 0.05) is 6.42 Å². The molecule has 2 aliphatic rings. The third kappa shape index (κ3) is 3.56. The Hall–Kier alpha value is -0.830. The first-order valence-electron chi connectivity index (χ1n) is 8.81. The number of aliphatic carboxylic acids is 1. The number of carboxylic acid groups (broad SMARTS) is 1. The number of fused-ring (bicyclic) bond motifs is 1. The van der Waals surface area contributed by atoms with Crippen LogP contribution in [0, 0.1) is 29.1 Å². The van der Waals surface area contributed by atoms with Crippen molar-refractivity contribution >= 4 is 5.97 Å². The summed E-state index contributed by atoms with van der Waals surface area (Å²) in [5.41, 5.74) is 1.35. The minimum atomic E-state index is -0.699. The molecule has 0 saturated heterocycles. The van der Waals surface area contributed by atoms with Crippen LogP contribution in [-0.2, 0) is 4.79 Å². The van der Waals surface area contributed by atoms with E-state index in [0.29, 0.717) is 17.8 Å². The highest BCUT2D eigenvalue weighted by Gasteiger charge is 2.48. The van der Waals surface area contributed by atoms with Crippen LogP contribution < -0.4 is 0 Å². The van der Waals surface area contributed by atoms with Crippen molar-refractivity contribution in [3.63, 3.8) is 0 Å². The summed E-state index contributed by atoms with van der Waals surface area (Å²) < 4.78 is 0. The molecule has 2 rings (SSSR count). The summed E-state index contributed by atoms with van der Waals surface area (Å²) in [6, 6.07) is 0. The molecule has 0 heterocycles. The van der Waals surface area contributed by atoms with E-state index in [9.17, 15) is 9.90 Å². The molecule has 2 fully saturated rings. The molecule has 0 amide bonds. The van der Waals surface area contributed by atoms with Gasteiger partial charge in [0.1, 0.15) is 0 Å².